The van der Waals surface area contributed by atoms with E-state index in [-0.39, 0.29) is 18.0 Å². The molecule has 1 rings (SSSR count). The Morgan fingerprint density at radius 3 is 2.48 bits per heavy atom. The number of hydrogen-bond acceptors (Lipinski definition) is 6. The highest BCUT2D eigenvalue weighted by Crippen LogP contribution is 2.37. The Hall–Kier alpha value is -1.51. The number of ether oxygens (including phenoxy) is 2. The molecular formula is C15H22BrNO6. The van der Waals surface area contributed by atoms with Crippen molar-refractivity contribution in [3.05, 3.63) is 22.2 Å². The first-order chi connectivity index (χ1) is 10.5. The quantitative estimate of drug-likeness (QED) is 0.611. The van der Waals surface area contributed by atoms with E-state index in [2.05, 4.69) is 21.2 Å². The maximum atomic E-state index is 11.5. The van der Waals surface area contributed by atoms with Crippen LogP contribution in [0.25, 0.3) is 0 Å². The number of hydrogen-bond donors (Lipinski definition) is 4. The first kappa shape index (κ1) is 19.5. The van der Waals surface area contributed by atoms with Crippen molar-refractivity contribution in [1.29, 1.82) is 0 Å². The molecule has 2 unspecified atom stereocenters. The number of nitrogens with one attached hydrogen (secondary N) is 1. The third-order valence-corrected chi connectivity index (χ3v) is 3.44. The Balaban J connectivity index is 2.72. The topological polar surface area (TPSA) is 108 Å². The van der Waals surface area contributed by atoms with E-state index >= 15 is 0 Å². The summed E-state index contributed by atoms with van der Waals surface area (Å²) in [5.41, 5.74) is -0.326. The molecule has 130 valence electrons. The van der Waals surface area contributed by atoms with E-state index in [1.165, 1.54) is 19.2 Å². The van der Waals surface area contributed by atoms with Gasteiger partial charge in [0.15, 0.2) is 11.5 Å². The molecule has 1 aromatic carbocycles. The molecule has 0 aliphatic rings. The van der Waals surface area contributed by atoms with Gasteiger partial charge in [-0.3, -0.25) is 0 Å². The van der Waals surface area contributed by atoms with Crippen LogP contribution in [0, 0.1) is 0 Å². The normalized spacial score (nSPS) is 14.0. The summed E-state index contributed by atoms with van der Waals surface area (Å²) in [4.78, 5) is 11.5. The summed E-state index contributed by atoms with van der Waals surface area (Å²) in [7, 11) is 1.37. The second-order valence-corrected chi connectivity index (χ2v) is 6.80. The summed E-state index contributed by atoms with van der Waals surface area (Å²) < 4.78 is 10.3. The molecule has 0 bridgehead atoms. The van der Waals surface area contributed by atoms with Crippen LogP contribution in [0.4, 0.5) is 4.79 Å². The number of amides is 1. The molecule has 0 aliphatic heterocycles. The fraction of sp³-hybridized carbons (Fsp3) is 0.533. The predicted octanol–water partition coefficient (Wildman–Crippen LogP) is 2.08. The molecule has 0 spiro atoms. The molecule has 23 heavy (non-hydrogen) atoms. The fourth-order valence-corrected chi connectivity index (χ4v) is 2.22. The summed E-state index contributed by atoms with van der Waals surface area (Å²) >= 11 is 3.14. The minimum atomic E-state index is -1.28. The van der Waals surface area contributed by atoms with Gasteiger partial charge in [0.25, 0.3) is 0 Å². The van der Waals surface area contributed by atoms with Crippen LogP contribution in [-0.2, 0) is 4.74 Å². The van der Waals surface area contributed by atoms with E-state index < -0.39 is 23.9 Å². The average Bonchev–Trinajstić information content (AvgIpc) is 2.44. The number of aliphatic hydroxyl groups excluding tert-OH is 2. The largest absolute Gasteiger partial charge is 0.503 e. The van der Waals surface area contributed by atoms with Gasteiger partial charge in [-0.2, -0.15) is 0 Å². The second kappa shape index (κ2) is 7.85. The highest BCUT2D eigenvalue weighted by molar-refractivity contribution is 9.10. The SMILES string of the molecule is COc1cc(C(O)C(O)CNC(=O)OC(C)(C)C)cc(Br)c1O. The van der Waals surface area contributed by atoms with Crippen LogP contribution in [0.3, 0.4) is 0 Å². The number of aliphatic hydroxyl groups is 2. The highest BCUT2D eigenvalue weighted by Gasteiger charge is 2.23. The van der Waals surface area contributed by atoms with Crippen molar-refractivity contribution < 1.29 is 29.6 Å². The molecule has 2 atom stereocenters. The monoisotopic (exact) mass is 391 g/mol. The highest BCUT2D eigenvalue weighted by atomic mass is 79.9. The molecule has 0 aliphatic carbocycles. The summed E-state index contributed by atoms with van der Waals surface area (Å²) in [6, 6.07) is 2.86. The van der Waals surface area contributed by atoms with E-state index in [9.17, 15) is 20.1 Å². The van der Waals surface area contributed by atoms with Gasteiger partial charge < -0.3 is 30.1 Å². The number of rotatable bonds is 5. The Morgan fingerprint density at radius 1 is 1.35 bits per heavy atom. The lowest BCUT2D eigenvalue weighted by molar-refractivity contribution is 0.0128. The van der Waals surface area contributed by atoms with Gasteiger partial charge >= 0.3 is 6.09 Å². The van der Waals surface area contributed by atoms with Gasteiger partial charge in [0.05, 0.1) is 11.6 Å². The number of alkyl carbamates (subject to hydrolysis) is 1. The molecule has 0 saturated carbocycles. The van der Waals surface area contributed by atoms with Crippen molar-refractivity contribution >= 4 is 22.0 Å². The molecule has 7 nitrogen and oxygen atoms in total. The van der Waals surface area contributed by atoms with Gasteiger partial charge in [-0.25, -0.2) is 4.79 Å². The minimum absolute atomic E-state index is 0.107. The van der Waals surface area contributed by atoms with E-state index in [1.54, 1.807) is 20.8 Å². The standard InChI is InChI=1S/C15H22BrNO6/c1-15(2,3)23-14(21)17-7-10(18)12(19)8-5-9(16)13(20)11(6-8)22-4/h5-6,10,12,18-20H,7H2,1-4H3,(H,17,21). The number of phenols is 1. The molecule has 4 N–H and O–H groups in total. The number of carbonyl (C=O) groups excluding carboxylic acids is 1. The number of carbonyl (C=O) groups is 1. The second-order valence-electron chi connectivity index (χ2n) is 5.95. The molecule has 0 fully saturated rings. The van der Waals surface area contributed by atoms with E-state index in [0.29, 0.717) is 10.0 Å². The van der Waals surface area contributed by atoms with Crippen molar-refractivity contribution in [3.8, 4) is 11.5 Å². The lowest BCUT2D eigenvalue weighted by Gasteiger charge is -2.22. The number of aromatic hydroxyl groups is 1. The fourth-order valence-electron chi connectivity index (χ4n) is 1.76. The molecular weight excluding hydrogens is 370 g/mol. The van der Waals surface area contributed by atoms with Gasteiger partial charge in [0, 0.05) is 6.54 Å². The zero-order valence-corrected chi connectivity index (χ0v) is 15.0. The van der Waals surface area contributed by atoms with Crippen molar-refractivity contribution in [3.63, 3.8) is 0 Å². The number of methoxy groups -OCH3 is 1. The van der Waals surface area contributed by atoms with Gasteiger partial charge in [0.2, 0.25) is 0 Å². The van der Waals surface area contributed by atoms with Crippen LogP contribution in [0.1, 0.15) is 32.4 Å². The Labute approximate surface area is 143 Å². The van der Waals surface area contributed by atoms with E-state index in [4.69, 9.17) is 9.47 Å². The van der Waals surface area contributed by atoms with Gasteiger partial charge in [-0.1, -0.05) is 0 Å². The van der Waals surface area contributed by atoms with Crippen molar-refractivity contribution in [1.82, 2.24) is 5.32 Å². The first-order valence-corrected chi connectivity index (χ1v) is 7.74. The van der Waals surface area contributed by atoms with Gasteiger partial charge in [-0.05, 0) is 54.4 Å². The van der Waals surface area contributed by atoms with Crippen molar-refractivity contribution in [2.45, 2.75) is 38.6 Å². The zero-order chi connectivity index (χ0) is 17.8. The first-order valence-electron chi connectivity index (χ1n) is 6.94. The average molecular weight is 392 g/mol. The Bertz CT molecular complexity index is 558. The molecule has 0 saturated heterocycles. The molecule has 1 amide bonds. The number of halogens is 1. The van der Waals surface area contributed by atoms with Crippen LogP contribution in [-0.4, -0.2) is 46.8 Å². The molecule has 1 aromatic rings. The van der Waals surface area contributed by atoms with Gasteiger partial charge in [0.1, 0.15) is 17.8 Å². The predicted molar refractivity (Wildman–Crippen MR) is 87.6 cm³/mol. The van der Waals surface area contributed by atoms with Crippen LogP contribution in [0.5, 0.6) is 11.5 Å². The number of benzene rings is 1. The lowest BCUT2D eigenvalue weighted by atomic mass is 10.0. The third kappa shape index (κ3) is 5.89. The molecule has 8 heteroatoms. The third-order valence-electron chi connectivity index (χ3n) is 2.83. The molecule has 0 radical (unpaired) electrons. The lowest BCUT2D eigenvalue weighted by Crippen LogP contribution is -2.38. The van der Waals surface area contributed by atoms with Crippen molar-refractivity contribution in [2.24, 2.45) is 0 Å². The summed E-state index contributed by atoms with van der Waals surface area (Å²) in [6.07, 6.45) is -3.23. The van der Waals surface area contributed by atoms with E-state index in [0.717, 1.165) is 0 Å². The molecule has 0 heterocycles. The van der Waals surface area contributed by atoms with Crippen LogP contribution >= 0.6 is 15.9 Å². The summed E-state index contributed by atoms with van der Waals surface area (Å²) in [5, 5.41) is 32.3. The maximum Gasteiger partial charge on any atom is 0.407 e. The molecule has 0 aromatic heterocycles. The number of phenolic OH excluding ortho intramolecular Hbond substituents is 1. The Kier molecular flexibility index (Phi) is 6.67. The smallest absolute Gasteiger partial charge is 0.407 e. The van der Waals surface area contributed by atoms with Crippen LogP contribution in [0.15, 0.2) is 16.6 Å². The van der Waals surface area contributed by atoms with Gasteiger partial charge in [-0.15, -0.1) is 0 Å². The Morgan fingerprint density at radius 2 is 1.96 bits per heavy atom. The minimum Gasteiger partial charge on any atom is -0.503 e. The van der Waals surface area contributed by atoms with Crippen LogP contribution < -0.4 is 10.1 Å². The summed E-state index contributed by atoms with van der Waals surface area (Å²) in [6.45, 7) is 4.96. The maximum absolute atomic E-state index is 11.5. The zero-order valence-electron chi connectivity index (χ0n) is 13.5. The van der Waals surface area contributed by atoms with E-state index in [1.807, 2.05) is 0 Å². The van der Waals surface area contributed by atoms with Crippen LogP contribution in [0.2, 0.25) is 0 Å². The van der Waals surface area contributed by atoms with Crippen molar-refractivity contribution in [2.75, 3.05) is 13.7 Å². The summed E-state index contributed by atoms with van der Waals surface area (Å²) in [5.74, 6) is 0.0468.